The van der Waals surface area contributed by atoms with Crippen molar-refractivity contribution in [2.45, 2.75) is 4.84 Å². The predicted octanol–water partition coefficient (Wildman–Crippen LogP) is 2.71. The molecule has 0 bridgehead atoms. The van der Waals surface area contributed by atoms with Crippen molar-refractivity contribution in [3.8, 4) is 0 Å². The molecule has 0 aliphatic carbocycles. The van der Waals surface area contributed by atoms with E-state index in [0.29, 0.717) is 0 Å². The quantitative estimate of drug-likeness (QED) is 0.791. The third-order valence-corrected chi connectivity index (χ3v) is 1.78. The first-order valence-corrected chi connectivity index (χ1v) is 4.42. The Morgan fingerprint density at radius 1 is 1.36 bits per heavy atom. The third-order valence-electron chi connectivity index (χ3n) is 1.38. The van der Waals surface area contributed by atoms with Gasteiger partial charge in [-0.1, -0.05) is 23.2 Å². The van der Waals surface area contributed by atoms with Crippen LogP contribution in [0.25, 0.3) is 0 Å². The van der Waals surface area contributed by atoms with Gasteiger partial charge in [0.05, 0.1) is 5.69 Å². The largest absolute Gasteiger partial charge is 0.321 e. The Hall–Kier alpha value is -0.870. The van der Waals surface area contributed by atoms with Crippen molar-refractivity contribution in [3.05, 3.63) is 29.8 Å². The Balaban J connectivity index is 2.86. The fourth-order valence-corrected chi connectivity index (χ4v) is 0.890. The molecule has 1 N–H and O–H groups in total. The van der Waals surface area contributed by atoms with E-state index < -0.39 is 22.4 Å². The van der Waals surface area contributed by atoms with Crippen LogP contribution in [0.5, 0.6) is 0 Å². The second kappa shape index (κ2) is 4.57. The van der Waals surface area contributed by atoms with Gasteiger partial charge in [-0.25, -0.2) is 8.78 Å². The van der Waals surface area contributed by atoms with Gasteiger partial charge in [-0.2, -0.15) is 0 Å². The van der Waals surface area contributed by atoms with Gasteiger partial charge in [-0.15, -0.1) is 0 Å². The number of carbonyl (C=O) groups is 1. The van der Waals surface area contributed by atoms with E-state index in [1.54, 1.807) is 0 Å². The highest BCUT2D eigenvalue weighted by molar-refractivity contribution is 6.54. The Bertz CT molecular complexity index is 357. The average molecular weight is 240 g/mol. The second-order valence-electron chi connectivity index (χ2n) is 2.41. The van der Waals surface area contributed by atoms with E-state index in [9.17, 15) is 13.6 Å². The van der Waals surface area contributed by atoms with Crippen LogP contribution in [-0.4, -0.2) is 10.7 Å². The third kappa shape index (κ3) is 2.82. The molecule has 0 spiro atoms. The number of hydrogen-bond donors (Lipinski definition) is 1. The molecule has 0 fully saturated rings. The lowest BCUT2D eigenvalue weighted by Crippen LogP contribution is -2.19. The van der Waals surface area contributed by atoms with E-state index in [1.807, 2.05) is 5.32 Å². The van der Waals surface area contributed by atoms with E-state index >= 15 is 0 Å². The van der Waals surface area contributed by atoms with E-state index in [-0.39, 0.29) is 5.69 Å². The number of carbonyl (C=O) groups excluding carboxylic acids is 1. The van der Waals surface area contributed by atoms with E-state index in [0.717, 1.165) is 18.2 Å². The highest BCUT2D eigenvalue weighted by Crippen LogP contribution is 2.16. The minimum Gasteiger partial charge on any atom is -0.321 e. The minimum absolute atomic E-state index is 0.290. The molecule has 0 radical (unpaired) electrons. The molecule has 1 amide bonds. The molecule has 0 saturated carbocycles. The van der Waals surface area contributed by atoms with Crippen molar-refractivity contribution in [1.29, 1.82) is 0 Å². The van der Waals surface area contributed by atoms with Gasteiger partial charge < -0.3 is 5.32 Å². The summed E-state index contributed by atoms with van der Waals surface area (Å²) in [4.78, 5) is 9.59. The summed E-state index contributed by atoms with van der Waals surface area (Å²) in [5.41, 5.74) is -0.290. The van der Waals surface area contributed by atoms with E-state index in [1.165, 1.54) is 0 Å². The number of rotatable bonds is 2. The Kier molecular flexibility index (Phi) is 3.66. The number of amides is 1. The van der Waals surface area contributed by atoms with E-state index in [4.69, 9.17) is 23.2 Å². The lowest BCUT2D eigenvalue weighted by Gasteiger charge is -2.06. The van der Waals surface area contributed by atoms with Gasteiger partial charge in [0.25, 0.3) is 5.91 Å². The molecule has 76 valence electrons. The maximum Gasteiger partial charge on any atom is 0.257 e. The first kappa shape index (κ1) is 11.2. The van der Waals surface area contributed by atoms with Crippen LogP contribution < -0.4 is 5.32 Å². The number of hydrogen-bond acceptors (Lipinski definition) is 1. The molecule has 1 rings (SSSR count). The van der Waals surface area contributed by atoms with Gasteiger partial charge in [-0.05, 0) is 12.1 Å². The standard InChI is InChI=1S/C8H5Cl2F2NO/c9-7(10)8(14)13-6-3-4(11)1-2-5(6)12/h1-3,7H,(H,13,14). The first-order chi connectivity index (χ1) is 6.50. The second-order valence-corrected chi connectivity index (χ2v) is 3.51. The zero-order valence-electron chi connectivity index (χ0n) is 6.73. The summed E-state index contributed by atoms with van der Waals surface area (Å²) >= 11 is 10.4. The molecule has 0 aliphatic heterocycles. The molecule has 0 saturated heterocycles. The average Bonchev–Trinajstić information content (AvgIpc) is 2.11. The molecule has 0 atom stereocenters. The first-order valence-electron chi connectivity index (χ1n) is 3.55. The highest BCUT2D eigenvalue weighted by Gasteiger charge is 2.13. The van der Waals surface area contributed by atoms with Crippen molar-refractivity contribution in [2.24, 2.45) is 0 Å². The summed E-state index contributed by atoms with van der Waals surface area (Å²) in [5.74, 6) is -2.23. The highest BCUT2D eigenvalue weighted by atomic mass is 35.5. The molecular formula is C8H5Cl2F2NO. The van der Waals surface area contributed by atoms with Crippen molar-refractivity contribution in [3.63, 3.8) is 0 Å². The van der Waals surface area contributed by atoms with Gasteiger partial charge in [-0.3, -0.25) is 4.79 Å². The Morgan fingerprint density at radius 2 is 2.00 bits per heavy atom. The number of nitrogens with one attached hydrogen (secondary N) is 1. The van der Waals surface area contributed by atoms with Gasteiger partial charge in [0.15, 0.2) is 4.84 Å². The fraction of sp³-hybridized carbons (Fsp3) is 0.125. The van der Waals surface area contributed by atoms with Gasteiger partial charge >= 0.3 is 0 Å². The van der Waals surface area contributed by atoms with Gasteiger partial charge in [0.1, 0.15) is 11.6 Å². The predicted molar refractivity (Wildman–Crippen MR) is 50.5 cm³/mol. The molecule has 6 heteroatoms. The van der Waals surface area contributed by atoms with Crippen LogP contribution in [0, 0.1) is 11.6 Å². The summed E-state index contributed by atoms with van der Waals surface area (Å²) in [5, 5.41) is 2.03. The van der Waals surface area contributed by atoms with Gasteiger partial charge in [0.2, 0.25) is 0 Å². The topological polar surface area (TPSA) is 29.1 Å². The van der Waals surface area contributed by atoms with Gasteiger partial charge in [0, 0.05) is 6.07 Å². The van der Waals surface area contributed by atoms with Crippen LogP contribution in [0.1, 0.15) is 0 Å². The van der Waals surface area contributed by atoms with Crippen LogP contribution in [0.4, 0.5) is 14.5 Å². The van der Waals surface area contributed by atoms with Crippen molar-refractivity contribution < 1.29 is 13.6 Å². The minimum atomic E-state index is -1.32. The van der Waals surface area contributed by atoms with Crippen LogP contribution in [-0.2, 0) is 4.79 Å². The number of alkyl halides is 2. The molecule has 0 unspecified atom stereocenters. The van der Waals surface area contributed by atoms with Crippen molar-refractivity contribution in [2.75, 3.05) is 5.32 Å². The summed E-state index contributed by atoms with van der Waals surface area (Å²) in [6.45, 7) is 0. The normalized spacial score (nSPS) is 10.4. The molecule has 0 aromatic heterocycles. The zero-order valence-corrected chi connectivity index (χ0v) is 8.24. The SMILES string of the molecule is O=C(Nc1cc(F)ccc1F)C(Cl)Cl. The summed E-state index contributed by atoms with van der Waals surface area (Å²) in [6, 6.07) is 2.66. The maximum absolute atomic E-state index is 12.9. The van der Waals surface area contributed by atoms with E-state index in [2.05, 4.69) is 0 Å². The van der Waals surface area contributed by atoms with Crippen LogP contribution >= 0.6 is 23.2 Å². The number of anilines is 1. The number of halogens is 4. The molecule has 1 aromatic rings. The maximum atomic E-state index is 12.9. The molecule has 2 nitrogen and oxygen atoms in total. The molecule has 0 aliphatic rings. The lowest BCUT2D eigenvalue weighted by molar-refractivity contribution is -0.114. The van der Waals surface area contributed by atoms with Crippen LogP contribution in [0.3, 0.4) is 0 Å². The van der Waals surface area contributed by atoms with Crippen molar-refractivity contribution in [1.82, 2.24) is 0 Å². The van der Waals surface area contributed by atoms with Crippen LogP contribution in [0.15, 0.2) is 18.2 Å². The molecule has 14 heavy (non-hydrogen) atoms. The summed E-state index contributed by atoms with van der Waals surface area (Å²) in [6.07, 6.45) is 0. The van der Waals surface area contributed by atoms with Crippen LogP contribution in [0.2, 0.25) is 0 Å². The smallest absolute Gasteiger partial charge is 0.257 e. The molecular weight excluding hydrogens is 235 g/mol. The molecule has 1 aromatic carbocycles. The Morgan fingerprint density at radius 3 is 2.57 bits per heavy atom. The molecule has 0 heterocycles. The van der Waals surface area contributed by atoms with Crippen molar-refractivity contribution >= 4 is 34.8 Å². The summed E-state index contributed by atoms with van der Waals surface area (Å²) < 4.78 is 25.5. The monoisotopic (exact) mass is 239 g/mol. The zero-order chi connectivity index (χ0) is 10.7. The number of benzene rings is 1. The lowest BCUT2D eigenvalue weighted by atomic mass is 10.3. The fourth-order valence-electron chi connectivity index (χ4n) is 0.781. The summed E-state index contributed by atoms with van der Waals surface area (Å²) in [7, 11) is 0. The Labute approximate surface area is 88.8 Å².